The maximum absolute atomic E-state index is 9.00. The topological polar surface area (TPSA) is 23.5 Å². The van der Waals surface area contributed by atoms with Gasteiger partial charge in [0.15, 0.2) is 0 Å². The van der Waals surface area contributed by atoms with Crippen molar-refractivity contribution in [1.82, 2.24) is 4.90 Å². The van der Waals surface area contributed by atoms with Crippen molar-refractivity contribution in [2.24, 2.45) is 11.8 Å². The number of likely N-dealkylation sites (tertiary alicyclic amines) is 1. The van der Waals surface area contributed by atoms with E-state index in [0.717, 1.165) is 19.0 Å². The maximum atomic E-state index is 9.00. The molecule has 1 saturated heterocycles. The summed E-state index contributed by atoms with van der Waals surface area (Å²) < 4.78 is 0. The normalized spacial score (nSPS) is 34.1. The Morgan fingerprint density at radius 3 is 2.73 bits per heavy atom. The first-order valence-electron chi connectivity index (χ1n) is 4.59. The molecule has 0 aromatic rings. The fourth-order valence-corrected chi connectivity index (χ4v) is 1.99. The van der Waals surface area contributed by atoms with Crippen molar-refractivity contribution in [1.29, 1.82) is 0 Å². The second kappa shape index (κ2) is 4.07. The van der Waals surface area contributed by atoms with Crippen molar-refractivity contribution in [3.8, 4) is 0 Å². The highest BCUT2D eigenvalue weighted by molar-refractivity contribution is 4.75. The molecular weight excluding hydrogens is 138 g/mol. The van der Waals surface area contributed by atoms with Crippen LogP contribution in [0.15, 0.2) is 0 Å². The number of hydrogen-bond donors (Lipinski definition) is 1. The molecule has 1 aliphatic rings. The monoisotopic (exact) mass is 157 g/mol. The summed E-state index contributed by atoms with van der Waals surface area (Å²) in [5.74, 6) is 1.29. The number of nitrogens with zero attached hydrogens (tertiary/aromatic N) is 1. The van der Waals surface area contributed by atoms with Crippen LogP contribution in [-0.2, 0) is 0 Å². The SMILES string of the molecule is CCN1C[C@H](C)C[C@@H](CO)C1. The van der Waals surface area contributed by atoms with Gasteiger partial charge < -0.3 is 10.0 Å². The van der Waals surface area contributed by atoms with Gasteiger partial charge in [0, 0.05) is 19.7 Å². The van der Waals surface area contributed by atoms with Gasteiger partial charge in [-0.3, -0.25) is 0 Å². The molecule has 1 aliphatic heterocycles. The van der Waals surface area contributed by atoms with Crippen molar-refractivity contribution in [2.75, 3.05) is 26.2 Å². The summed E-state index contributed by atoms with van der Waals surface area (Å²) in [7, 11) is 0. The molecule has 0 aliphatic carbocycles. The Morgan fingerprint density at radius 2 is 2.18 bits per heavy atom. The highest BCUT2D eigenvalue weighted by Crippen LogP contribution is 2.20. The van der Waals surface area contributed by atoms with Crippen LogP contribution in [0, 0.1) is 11.8 Å². The fourth-order valence-electron chi connectivity index (χ4n) is 1.99. The summed E-state index contributed by atoms with van der Waals surface area (Å²) in [5.41, 5.74) is 0. The zero-order valence-electron chi connectivity index (χ0n) is 7.58. The first-order chi connectivity index (χ1) is 5.26. The third-order valence-corrected chi connectivity index (χ3v) is 2.53. The lowest BCUT2D eigenvalue weighted by molar-refractivity contribution is 0.0943. The van der Waals surface area contributed by atoms with Crippen LogP contribution in [0.5, 0.6) is 0 Å². The molecule has 1 rings (SSSR count). The first kappa shape index (κ1) is 9.01. The average molecular weight is 157 g/mol. The predicted octanol–water partition coefficient (Wildman–Crippen LogP) is 0.957. The Balaban J connectivity index is 2.37. The molecule has 2 nitrogen and oxygen atoms in total. The zero-order valence-corrected chi connectivity index (χ0v) is 7.58. The van der Waals surface area contributed by atoms with Crippen LogP contribution in [0.1, 0.15) is 20.3 Å². The van der Waals surface area contributed by atoms with Crippen molar-refractivity contribution < 1.29 is 5.11 Å². The van der Waals surface area contributed by atoms with Crippen LogP contribution in [-0.4, -0.2) is 36.2 Å². The highest BCUT2D eigenvalue weighted by Gasteiger charge is 2.22. The van der Waals surface area contributed by atoms with Gasteiger partial charge in [-0.2, -0.15) is 0 Å². The molecule has 0 spiro atoms. The summed E-state index contributed by atoms with van der Waals surface area (Å²) in [6.45, 7) is 8.25. The van der Waals surface area contributed by atoms with E-state index in [9.17, 15) is 0 Å². The zero-order chi connectivity index (χ0) is 8.27. The lowest BCUT2D eigenvalue weighted by atomic mass is 9.91. The van der Waals surface area contributed by atoms with Gasteiger partial charge in [0.1, 0.15) is 0 Å². The van der Waals surface area contributed by atoms with Gasteiger partial charge in [0.05, 0.1) is 0 Å². The summed E-state index contributed by atoms with van der Waals surface area (Å²) >= 11 is 0. The van der Waals surface area contributed by atoms with E-state index in [1.807, 2.05) is 0 Å². The van der Waals surface area contributed by atoms with Gasteiger partial charge in [-0.15, -0.1) is 0 Å². The minimum atomic E-state index is 0.362. The Labute approximate surface area is 69.2 Å². The van der Waals surface area contributed by atoms with Gasteiger partial charge >= 0.3 is 0 Å². The molecule has 0 aromatic heterocycles. The second-order valence-corrected chi connectivity index (χ2v) is 3.74. The molecular formula is C9H19NO. The molecule has 0 unspecified atom stereocenters. The van der Waals surface area contributed by atoms with E-state index in [-0.39, 0.29) is 0 Å². The summed E-state index contributed by atoms with van der Waals surface area (Å²) in [6, 6.07) is 0. The Kier molecular flexibility index (Phi) is 3.34. The molecule has 0 aromatic carbocycles. The van der Waals surface area contributed by atoms with Crippen LogP contribution >= 0.6 is 0 Å². The highest BCUT2D eigenvalue weighted by atomic mass is 16.3. The van der Waals surface area contributed by atoms with Crippen molar-refractivity contribution >= 4 is 0 Å². The predicted molar refractivity (Wildman–Crippen MR) is 46.5 cm³/mol. The van der Waals surface area contributed by atoms with E-state index in [4.69, 9.17) is 5.11 Å². The van der Waals surface area contributed by atoms with E-state index in [1.54, 1.807) is 0 Å². The molecule has 0 amide bonds. The third-order valence-electron chi connectivity index (χ3n) is 2.53. The van der Waals surface area contributed by atoms with Crippen LogP contribution in [0.25, 0.3) is 0 Å². The molecule has 0 radical (unpaired) electrons. The lowest BCUT2D eigenvalue weighted by Gasteiger charge is -2.34. The third kappa shape index (κ3) is 2.46. The summed E-state index contributed by atoms with van der Waals surface area (Å²) in [5, 5.41) is 9.00. The Morgan fingerprint density at radius 1 is 1.45 bits per heavy atom. The first-order valence-corrected chi connectivity index (χ1v) is 4.59. The number of piperidine rings is 1. The molecule has 2 atom stereocenters. The largest absolute Gasteiger partial charge is 0.396 e. The van der Waals surface area contributed by atoms with Crippen LogP contribution < -0.4 is 0 Å². The molecule has 2 heteroatoms. The molecule has 0 saturated carbocycles. The van der Waals surface area contributed by atoms with E-state index in [2.05, 4.69) is 18.7 Å². The molecule has 1 heterocycles. The number of rotatable bonds is 2. The molecule has 11 heavy (non-hydrogen) atoms. The summed E-state index contributed by atoms with van der Waals surface area (Å²) in [4.78, 5) is 2.43. The van der Waals surface area contributed by atoms with Crippen LogP contribution in [0.3, 0.4) is 0 Å². The fraction of sp³-hybridized carbons (Fsp3) is 1.00. The smallest absolute Gasteiger partial charge is 0.0471 e. The van der Waals surface area contributed by atoms with Gasteiger partial charge in [-0.25, -0.2) is 0 Å². The quantitative estimate of drug-likeness (QED) is 0.645. The van der Waals surface area contributed by atoms with Crippen LogP contribution in [0.4, 0.5) is 0 Å². The van der Waals surface area contributed by atoms with Crippen LogP contribution in [0.2, 0.25) is 0 Å². The Hall–Kier alpha value is -0.0800. The number of aliphatic hydroxyl groups is 1. The second-order valence-electron chi connectivity index (χ2n) is 3.74. The van der Waals surface area contributed by atoms with Crippen molar-refractivity contribution in [3.05, 3.63) is 0 Å². The van der Waals surface area contributed by atoms with Gasteiger partial charge in [0.2, 0.25) is 0 Å². The van der Waals surface area contributed by atoms with Gasteiger partial charge in [0.25, 0.3) is 0 Å². The minimum absolute atomic E-state index is 0.362. The van der Waals surface area contributed by atoms with Gasteiger partial charge in [-0.1, -0.05) is 13.8 Å². The van der Waals surface area contributed by atoms with E-state index in [0.29, 0.717) is 12.5 Å². The summed E-state index contributed by atoms with van der Waals surface area (Å²) in [6.07, 6.45) is 1.20. The Bertz CT molecular complexity index is 104. The molecule has 66 valence electrons. The van der Waals surface area contributed by atoms with E-state index < -0.39 is 0 Å². The van der Waals surface area contributed by atoms with Gasteiger partial charge in [-0.05, 0) is 24.8 Å². The standard InChI is InChI=1S/C9H19NO/c1-3-10-5-8(2)4-9(6-10)7-11/h8-9,11H,3-7H2,1-2H3/t8-,9-/m1/s1. The molecule has 1 N–H and O–H groups in total. The molecule has 0 bridgehead atoms. The number of aliphatic hydroxyl groups excluding tert-OH is 1. The number of hydrogen-bond acceptors (Lipinski definition) is 2. The van der Waals surface area contributed by atoms with E-state index in [1.165, 1.54) is 13.0 Å². The molecule has 1 fully saturated rings. The minimum Gasteiger partial charge on any atom is -0.396 e. The van der Waals surface area contributed by atoms with Crippen molar-refractivity contribution in [3.63, 3.8) is 0 Å². The van der Waals surface area contributed by atoms with E-state index >= 15 is 0 Å². The lowest BCUT2D eigenvalue weighted by Crippen LogP contribution is -2.40. The average Bonchev–Trinajstić information content (AvgIpc) is 2.03. The maximum Gasteiger partial charge on any atom is 0.0471 e. The van der Waals surface area contributed by atoms with Crippen molar-refractivity contribution in [2.45, 2.75) is 20.3 Å².